The Labute approximate surface area is 232 Å². The van der Waals surface area contributed by atoms with Gasteiger partial charge in [-0.3, -0.25) is 9.10 Å². The summed E-state index contributed by atoms with van der Waals surface area (Å²) in [6.45, 7) is 1.84. The van der Waals surface area contributed by atoms with Gasteiger partial charge in [-0.2, -0.15) is 11.8 Å². The van der Waals surface area contributed by atoms with E-state index in [0.717, 1.165) is 15.4 Å². The third kappa shape index (κ3) is 7.70. The van der Waals surface area contributed by atoms with Crippen LogP contribution in [-0.4, -0.2) is 47.4 Å². The molecule has 0 saturated heterocycles. The molecule has 0 radical (unpaired) electrons. The Hall–Kier alpha value is -2.59. The quantitative estimate of drug-likeness (QED) is 0.281. The molecule has 37 heavy (non-hydrogen) atoms. The Morgan fingerprint density at radius 2 is 1.65 bits per heavy atom. The van der Waals surface area contributed by atoms with Crippen molar-refractivity contribution in [3.63, 3.8) is 0 Å². The second kappa shape index (κ2) is 13.3. The summed E-state index contributed by atoms with van der Waals surface area (Å²) in [5, 5.41) is 3.80. The fourth-order valence-electron chi connectivity index (χ4n) is 3.40. The molecule has 198 valence electrons. The van der Waals surface area contributed by atoms with Crippen molar-refractivity contribution >= 4 is 56.6 Å². The SMILES string of the molecule is COc1ccc(N(CC(=O)NCCSCc2ccc(Cl)c(Cl)c2)S(=O)(=O)c2ccc(C)cc2)cc1OC. The largest absolute Gasteiger partial charge is 0.493 e. The maximum Gasteiger partial charge on any atom is 0.264 e. The van der Waals surface area contributed by atoms with Gasteiger partial charge in [0.1, 0.15) is 6.54 Å². The monoisotopic (exact) mass is 582 g/mol. The molecule has 0 heterocycles. The zero-order valence-corrected chi connectivity index (χ0v) is 23.8. The van der Waals surface area contributed by atoms with E-state index in [9.17, 15) is 13.2 Å². The number of nitrogens with zero attached hydrogens (tertiary/aromatic N) is 1. The number of nitrogens with one attached hydrogen (secondary N) is 1. The molecule has 0 aliphatic carbocycles. The number of benzene rings is 3. The average molecular weight is 584 g/mol. The molecule has 11 heteroatoms. The first-order valence-electron chi connectivity index (χ1n) is 11.3. The summed E-state index contributed by atoms with van der Waals surface area (Å²) in [5.74, 6) is 1.70. The molecular weight excluding hydrogens is 555 g/mol. The third-order valence-corrected chi connectivity index (χ3v) is 8.93. The van der Waals surface area contributed by atoms with Crippen LogP contribution in [-0.2, 0) is 20.6 Å². The number of halogens is 2. The summed E-state index contributed by atoms with van der Waals surface area (Å²) in [6.07, 6.45) is 0. The van der Waals surface area contributed by atoms with E-state index < -0.39 is 22.5 Å². The minimum Gasteiger partial charge on any atom is -0.493 e. The maximum absolute atomic E-state index is 13.6. The number of methoxy groups -OCH3 is 2. The van der Waals surface area contributed by atoms with Crippen molar-refractivity contribution in [1.82, 2.24) is 5.32 Å². The summed E-state index contributed by atoms with van der Waals surface area (Å²) < 4.78 is 38.8. The van der Waals surface area contributed by atoms with Gasteiger partial charge in [0.25, 0.3) is 10.0 Å². The number of carbonyl (C=O) groups is 1. The van der Waals surface area contributed by atoms with Gasteiger partial charge in [0.2, 0.25) is 5.91 Å². The fraction of sp³-hybridized carbons (Fsp3) is 0.269. The first-order chi connectivity index (χ1) is 17.6. The second-order valence-corrected chi connectivity index (χ2v) is 11.8. The normalized spacial score (nSPS) is 11.2. The van der Waals surface area contributed by atoms with Crippen LogP contribution >= 0.6 is 35.0 Å². The second-order valence-electron chi connectivity index (χ2n) is 8.02. The van der Waals surface area contributed by atoms with Crippen LogP contribution in [0.15, 0.2) is 65.6 Å². The van der Waals surface area contributed by atoms with Gasteiger partial charge in [-0.1, -0.05) is 47.0 Å². The third-order valence-electron chi connectivity index (χ3n) is 5.37. The van der Waals surface area contributed by atoms with Crippen molar-refractivity contribution in [1.29, 1.82) is 0 Å². The number of hydrogen-bond acceptors (Lipinski definition) is 6. The minimum absolute atomic E-state index is 0.0814. The van der Waals surface area contributed by atoms with Crippen molar-refractivity contribution in [2.75, 3.05) is 37.4 Å². The highest BCUT2D eigenvalue weighted by Crippen LogP contribution is 2.34. The predicted molar refractivity (Wildman–Crippen MR) is 151 cm³/mol. The highest BCUT2D eigenvalue weighted by atomic mass is 35.5. The Kier molecular flexibility index (Phi) is 10.4. The van der Waals surface area contributed by atoms with Gasteiger partial charge in [-0.25, -0.2) is 8.42 Å². The summed E-state index contributed by atoms with van der Waals surface area (Å²) in [6, 6.07) is 16.6. The lowest BCUT2D eigenvalue weighted by molar-refractivity contribution is -0.119. The van der Waals surface area contributed by atoms with Gasteiger partial charge in [0.15, 0.2) is 11.5 Å². The number of ether oxygens (including phenoxy) is 2. The summed E-state index contributed by atoms with van der Waals surface area (Å²) in [4.78, 5) is 12.9. The van der Waals surface area contributed by atoms with E-state index in [1.54, 1.807) is 42.1 Å². The number of rotatable bonds is 12. The van der Waals surface area contributed by atoms with Gasteiger partial charge >= 0.3 is 0 Å². The summed E-state index contributed by atoms with van der Waals surface area (Å²) in [5.41, 5.74) is 2.23. The van der Waals surface area contributed by atoms with E-state index in [1.165, 1.54) is 32.4 Å². The van der Waals surface area contributed by atoms with Crippen molar-refractivity contribution in [3.05, 3.63) is 81.8 Å². The maximum atomic E-state index is 13.6. The summed E-state index contributed by atoms with van der Waals surface area (Å²) >= 11 is 13.6. The number of carbonyl (C=O) groups excluding carboxylic acids is 1. The molecular formula is C26H28Cl2N2O5S2. The molecule has 0 saturated carbocycles. The number of amides is 1. The zero-order chi connectivity index (χ0) is 27.0. The molecule has 0 bridgehead atoms. The van der Waals surface area contributed by atoms with Crippen molar-refractivity contribution in [2.24, 2.45) is 0 Å². The van der Waals surface area contributed by atoms with Crippen LogP contribution in [0.25, 0.3) is 0 Å². The Morgan fingerprint density at radius 3 is 2.30 bits per heavy atom. The first kappa shape index (κ1) is 29.0. The van der Waals surface area contributed by atoms with E-state index in [1.807, 2.05) is 19.1 Å². The van der Waals surface area contributed by atoms with Crippen LogP contribution in [0.4, 0.5) is 5.69 Å². The Morgan fingerprint density at radius 1 is 0.946 bits per heavy atom. The lowest BCUT2D eigenvalue weighted by Gasteiger charge is -2.25. The number of anilines is 1. The van der Waals surface area contributed by atoms with Gasteiger partial charge in [-0.05, 0) is 48.9 Å². The molecule has 3 rings (SSSR count). The molecule has 0 fully saturated rings. The van der Waals surface area contributed by atoms with Crippen LogP contribution in [0.2, 0.25) is 10.0 Å². The Bertz CT molecular complexity index is 1340. The van der Waals surface area contributed by atoms with E-state index in [2.05, 4.69) is 5.32 Å². The van der Waals surface area contributed by atoms with Crippen molar-refractivity contribution < 1.29 is 22.7 Å². The zero-order valence-electron chi connectivity index (χ0n) is 20.7. The number of hydrogen-bond donors (Lipinski definition) is 1. The molecule has 0 aliphatic heterocycles. The van der Waals surface area contributed by atoms with Crippen LogP contribution < -0.4 is 19.1 Å². The van der Waals surface area contributed by atoms with E-state index in [0.29, 0.717) is 39.6 Å². The van der Waals surface area contributed by atoms with Crippen LogP contribution in [0.5, 0.6) is 11.5 Å². The van der Waals surface area contributed by atoms with E-state index >= 15 is 0 Å². The summed E-state index contributed by atoms with van der Waals surface area (Å²) in [7, 11) is -1.09. The number of aryl methyl sites for hydroxylation is 1. The lowest BCUT2D eigenvalue weighted by atomic mass is 10.2. The number of sulfonamides is 1. The van der Waals surface area contributed by atoms with Gasteiger partial charge in [0.05, 0.1) is 34.8 Å². The van der Waals surface area contributed by atoms with Crippen molar-refractivity contribution in [3.8, 4) is 11.5 Å². The topological polar surface area (TPSA) is 84.9 Å². The standard InChI is InChI=1S/C26H28Cl2N2O5S2/c1-18-4-8-21(9-5-18)37(32,33)30(20-7-11-24(34-2)25(15-20)35-3)16-26(31)29-12-13-36-17-19-6-10-22(27)23(28)14-19/h4-11,14-15H,12-13,16-17H2,1-3H3,(H,29,31). The molecule has 1 N–H and O–H groups in total. The predicted octanol–water partition coefficient (Wildman–Crippen LogP) is 5.56. The van der Waals surface area contributed by atoms with Crippen LogP contribution in [0.1, 0.15) is 11.1 Å². The molecule has 7 nitrogen and oxygen atoms in total. The molecule has 3 aromatic rings. The first-order valence-corrected chi connectivity index (χ1v) is 14.6. The highest BCUT2D eigenvalue weighted by Gasteiger charge is 2.28. The van der Waals surface area contributed by atoms with Crippen molar-refractivity contribution in [2.45, 2.75) is 17.6 Å². The van der Waals surface area contributed by atoms with Gasteiger partial charge in [0, 0.05) is 24.1 Å². The van der Waals surface area contributed by atoms with Gasteiger partial charge in [-0.15, -0.1) is 0 Å². The van der Waals surface area contributed by atoms with Crippen LogP contribution in [0, 0.1) is 6.92 Å². The van der Waals surface area contributed by atoms with E-state index in [-0.39, 0.29) is 10.6 Å². The molecule has 0 atom stereocenters. The molecule has 1 amide bonds. The molecule has 3 aromatic carbocycles. The number of thioether (sulfide) groups is 1. The molecule has 0 spiro atoms. The molecule has 0 unspecified atom stereocenters. The lowest BCUT2D eigenvalue weighted by Crippen LogP contribution is -2.41. The smallest absolute Gasteiger partial charge is 0.264 e. The highest BCUT2D eigenvalue weighted by molar-refractivity contribution is 7.98. The van der Waals surface area contributed by atoms with Gasteiger partial charge < -0.3 is 14.8 Å². The average Bonchev–Trinajstić information content (AvgIpc) is 2.88. The van der Waals surface area contributed by atoms with E-state index in [4.69, 9.17) is 32.7 Å². The fourth-order valence-corrected chi connectivity index (χ4v) is 5.94. The molecule has 0 aromatic heterocycles. The Balaban J connectivity index is 1.71. The van der Waals surface area contributed by atoms with Crippen LogP contribution in [0.3, 0.4) is 0 Å². The minimum atomic E-state index is -4.04. The molecule has 0 aliphatic rings.